The summed E-state index contributed by atoms with van der Waals surface area (Å²) in [5.41, 5.74) is 1.71. The Hall–Kier alpha value is -1.37. The van der Waals surface area contributed by atoms with E-state index in [0.717, 1.165) is 18.4 Å². The average Bonchev–Trinajstić information content (AvgIpc) is 2.39. The molecule has 0 amide bonds. The Labute approximate surface area is 102 Å². The molecule has 0 saturated carbocycles. The molecule has 2 atom stereocenters. The van der Waals surface area contributed by atoms with Gasteiger partial charge in [0.05, 0.1) is 12.7 Å². The predicted molar refractivity (Wildman–Crippen MR) is 66.5 cm³/mol. The van der Waals surface area contributed by atoms with Crippen molar-refractivity contribution in [1.82, 2.24) is 5.32 Å². The van der Waals surface area contributed by atoms with E-state index in [2.05, 4.69) is 24.4 Å². The third-order valence-electron chi connectivity index (χ3n) is 3.63. The first-order valence-corrected chi connectivity index (χ1v) is 6.10. The minimum atomic E-state index is -0.619. The number of fused-ring (bicyclic) bond motifs is 1. The van der Waals surface area contributed by atoms with E-state index in [9.17, 15) is 5.26 Å². The van der Waals surface area contributed by atoms with E-state index < -0.39 is 5.54 Å². The van der Waals surface area contributed by atoms with Crippen LogP contribution < -0.4 is 5.32 Å². The van der Waals surface area contributed by atoms with Gasteiger partial charge in [0.25, 0.3) is 0 Å². The van der Waals surface area contributed by atoms with Crippen LogP contribution in [-0.2, 0) is 5.54 Å². The first-order chi connectivity index (χ1) is 8.23. The molecular formula is C14H18N2O. The summed E-state index contributed by atoms with van der Waals surface area (Å²) in [4.78, 5) is 0. The number of hydrogen-bond acceptors (Lipinski definition) is 3. The van der Waals surface area contributed by atoms with Crippen molar-refractivity contribution in [2.75, 3.05) is 13.2 Å². The summed E-state index contributed by atoms with van der Waals surface area (Å²) in [6, 6.07) is 10.5. The Kier molecular flexibility index (Phi) is 3.46. The molecule has 1 aliphatic rings. The van der Waals surface area contributed by atoms with Crippen LogP contribution in [0, 0.1) is 11.3 Å². The molecule has 0 bridgehead atoms. The number of aliphatic hydroxyl groups excluding tert-OH is 1. The zero-order valence-electron chi connectivity index (χ0n) is 10.1. The number of nitrogens with one attached hydrogen (secondary N) is 1. The minimum absolute atomic E-state index is 0.0567. The molecule has 2 rings (SSSR count). The van der Waals surface area contributed by atoms with Crippen molar-refractivity contribution in [2.24, 2.45) is 0 Å². The van der Waals surface area contributed by atoms with Crippen molar-refractivity contribution >= 4 is 0 Å². The Morgan fingerprint density at radius 1 is 1.53 bits per heavy atom. The quantitative estimate of drug-likeness (QED) is 0.833. The van der Waals surface area contributed by atoms with E-state index in [4.69, 9.17) is 5.11 Å². The Morgan fingerprint density at radius 3 is 3.00 bits per heavy atom. The first kappa shape index (κ1) is 12.1. The summed E-state index contributed by atoms with van der Waals surface area (Å²) in [5, 5.41) is 21.6. The maximum Gasteiger partial charge on any atom is 0.132 e. The number of hydrogen-bond donors (Lipinski definition) is 2. The van der Waals surface area contributed by atoms with Gasteiger partial charge in [-0.05, 0) is 29.9 Å². The zero-order valence-corrected chi connectivity index (χ0v) is 10.1. The topological polar surface area (TPSA) is 56.0 Å². The summed E-state index contributed by atoms with van der Waals surface area (Å²) < 4.78 is 0. The molecule has 0 aromatic heterocycles. The fraction of sp³-hybridized carbons (Fsp3) is 0.500. The van der Waals surface area contributed by atoms with Crippen LogP contribution in [0.15, 0.2) is 24.3 Å². The van der Waals surface area contributed by atoms with Gasteiger partial charge in [0, 0.05) is 6.54 Å². The summed E-state index contributed by atoms with van der Waals surface area (Å²) >= 11 is 0. The van der Waals surface area contributed by atoms with Crippen LogP contribution in [0.2, 0.25) is 0 Å². The number of rotatable bonds is 3. The monoisotopic (exact) mass is 230 g/mol. The standard InChI is InChI=1S/C14H18N2O/c1-11-6-7-14(10-15,16-8-9-17)13-5-3-2-4-12(11)13/h2-5,11,16-17H,6-9H2,1H3. The summed E-state index contributed by atoms with van der Waals surface area (Å²) in [7, 11) is 0. The van der Waals surface area contributed by atoms with Gasteiger partial charge in [-0.2, -0.15) is 5.26 Å². The molecule has 0 saturated heterocycles. The molecule has 3 nitrogen and oxygen atoms in total. The molecule has 0 radical (unpaired) electrons. The number of aliphatic hydroxyl groups is 1. The minimum Gasteiger partial charge on any atom is -0.395 e. The van der Waals surface area contributed by atoms with Gasteiger partial charge < -0.3 is 5.11 Å². The van der Waals surface area contributed by atoms with Gasteiger partial charge in [0.1, 0.15) is 5.54 Å². The third-order valence-corrected chi connectivity index (χ3v) is 3.63. The van der Waals surface area contributed by atoms with Crippen LogP contribution >= 0.6 is 0 Å². The molecule has 2 N–H and O–H groups in total. The number of nitrogens with zero attached hydrogens (tertiary/aromatic N) is 1. The maximum absolute atomic E-state index is 9.51. The highest BCUT2D eigenvalue weighted by Gasteiger charge is 2.38. The van der Waals surface area contributed by atoms with Crippen LogP contribution in [0.5, 0.6) is 0 Å². The number of benzene rings is 1. The summed E-state index contributed by atoms with van der Waals surface area (Å²) in [6.45, 7) is 2.71. The molecule has 0 fully saturated rings. The molecule has 90 valence electrons. The SMILES string of the molecule is CC1CCC(C#N)(NCCO)c2ccccc21. The van der Waals surface area contributed by atoms with Gasteiger partial charge in [-0.1, -0.05) is 31.2 Å². The van der Waals surface area contributed by atoms with Gasteiger partial charge in [-0.25, -0.2) is 0 Å². The van der Waals surface area contributed by atoms with E-state index in [0.29, 0.717) is 12.5 Å². The van der Waals surface area contributed by atoms with E-state index in [-0.39, 0.29) is 6.61 Å². The van der Waals surface area contributed by atoms with E-state index in [1.54, 1.807) is 0 Å². The Balaban J connectivity index is 2.43. The Morgan fingerprint density at radius 2 is 2.29 bits per heavy atom. The molecule has 0 aliphatic heterocycles. The highest BCUT2D eigenvalue weighted by molar-refractivity contribution is 5.42. The van der Waals surface area contributed by atoms with Gasteiger partial charge in [-0.3, -0.25) is 5.32 Å². The van der Waals surface area contributed by atoms with E-state index >= 15 is 0 Å². The lowest BCUT2D eigenvalue weighted by molar-refractivity contribution is 0.260. The van der Waals surface area contributed by atoms with Crippen molar-refractivity contribution in [3.05, 3.63) is 35.4 Å². The van der Waals surface area contributed by atoms with Gasteiger partial charge in [0.2, 0.25) is 0 Å². The lowest BCUT2D eigenvalue weighted by Crippen LogP contribution is -2.45. The predicted octanol–water partition coefficient (Wildman–Crippen LogP) is 1.88. The lowest BCUT2D eigenvalue weighted by atomic mass is 9.73. The molecule has 0 spiro atoms. The van der Waals surface area contributed by atoms with Crippen LogP contribution in [0.4, 0.5) is 0 Å². The first-order valence-electron chi connectivity index (χ1n) is 6.10. The molecule has 1 aromatic carbocycles. The van der Waals surface area contributed by atoms with Gasteiger partial charge in [-0.15, -0.1) is 0 Å². The highest BCUT2D eigenvalue weighted by Crippen LogP contribution is 2.40. The van der Waals surface area contributed by atoms with Gasteiger partial charge in [0.15, 0.2) is 0 Å². The Bertz CT molecular complexity index is 438. The van der Waals surface area contributed by atoms with E-state index in [1.165, 1.54) is 5.56 Å². The fourth-order valence-corrected chi connectivity index (χ4v) is 2.65. The normalized spacial score (nSPS) is 27.2. The van der Waals surface area contributed by atoms with Crippen molar-refractivity contribution in [3.63, 3.8) is 0 Å². The summed E-state index contributed by atoms with van der Waals surface area (Å²) in [6.07, 6.45) is 1.81. The number of nitriles is 1. The molecule has 1 aromatic rings. The van der Waals surface area contributed by atoms with Crippen molar-refractivity contribution < 1.29 is 5.11 Å². The van der Waals surface area contributed by atoms with E-state index in [1.807, 2.05) is 18.2 Å². The molecule has 3 heteroatoms. The molecule has 1 aliphatic carbocycles. The smallest absolute Gasteiger partial charge is 0.132 e. The molecule has 0 heterocycles. The van der Waals surface area contributed by atoms with Crippen molar-refractivity contribution in [3.8, 4) is 6.07 Å². The third kappa shape index (κ3) is 2.06. The lowest BCUT2D eigenvalue weighted by Gasteiger charge is -2.36. The molecule has 17 heavy (non-hydrogen) atoms. The second-order valence-corrected chi connectivity index (χ2v) is 4.69. The van der Waals surface area contributed by atoms with Crippen molar-refractivity contribution in [2.45, 2.75) is 31.2 Å². The summed E-state index contributed by atoms with van der Waals surface area (Å²) in [5.74, 6) is 0.503. The average molecular weight is 230 g/mol. The van der Waals surface area contributed by atoms with Crippen LogP contribution in [0.25, 0.3) is 0 Å². The maximum atomic E-state index is 9.51. The highest BCUT2D eigenvalue weighted by atomic mass is 16.3. The molecule has 2 unspecified atom stereocenters. The second-order valence-electron chi connectivity index (χ2n) is 4.69. The fourth-order valence-electron chi connectivity index (χ4n) is 2.65. The van der Waals surface area contributed by atoms with Crippen LogP contribution in [0.3, 0.4) is 0 Å². The molecular weight excluding hydrogens is 212 g/mol. The zero-order chi connectivity index (χ0) is 12.3. The van der Waals surface area contributed by atoms with Gasteiger partial charge >= 0.3 is 0 Å². The van der Waals surface area contributed by atoms with Crippen molar-refractivity contribution in [1.29, 1.82) is 5.26 Å². The van der Waals surface area contributed by atoms with Crippen LogP contribution in [0.1, 0.15) is 36.8 Å². The second kappa shape index (κ2) is 4.87. The largest absolute Gasteiger partial charge is 0.395 e. The van der Waals surface area contributed by atoms with Crippen LogP contribution in [-0.4, -0.2) is 18.3 Å².